The van der Waals surface area contributed by atoms with Crippen molar-refractivity contribution in [1.29, 1.82) is 0 Å². The summed E-state index contributed by atoms with van der Waals surface area (Å²) in [7, 11) is 3.93. The number of rotatable bonds is 9. The molecule has 1 aromatic rings. The topological polar surface area (TPSA) is 128 Å². The predicted molar refractivity (Wildman–Crippen MR) is 94.5 cm³/mol. The van der Waals surface area contributed by atoms with Crippen LogP contribution in [-0.2, 0) is 4.79 Å². The quantitative estimate of drug-likeness (QED) is 0.346. The molecule has 2 amide bonds. The molecule has 8 nitrogen and oxygen atoms in total. The monoisotopic (exact) mass is 340 g/mol. The SMILES string of the molecule is CN(C)c1ccc(NC(=O)NCCCCCCC(=O)O)cc1.NO. The number of urea groups is 1. The van der Waals surface area contributed by atoms with E-state index in [2.05, 4.69) is 16.5 Å². The van der Waals surface area contributed by atoms with Crippen molar-refractivity contribution in [2.75, 3.05) is 30.9 Å². The lowest BCUT2D eigenvalue weighted by Gasteiger charge is -2.13. The molecule has 0 radical (unpaired) electrons. The first-order valence-corrected chi connectivity index (χ1v) is 7.79. The molecule has 0 saturated heterocycles. The number of carbonyl (C=O) groups excluding carboxylic acids is 1. The Labute approximate surface area is 142 Å². The van der Waals surface area contributed by atoms with Gasteiger partial charge in [0, 0.05) is 38.4 Å². The van der Waals surface area contributed by atoms with E-state index in [1.807, 2.05) is 43.3 Å². The normalized spacial score (nSPS) is 9.50. The van der Waals surface area contributed by atoms with E-state index >= 15 is 0 Å². The highest BCUT2D eigenvalue weighted by Gasteiger charge is 2.02. The second-order valence-corrected chi connectivity index (χ2v) is 5.38. The van der Waals surface area contributed by atoms with Crippen LogP contribution >= 0.6 is 0 Å². The molecule has 0 bridgehead atoms. The van der Waals surface area contributed by atoms with Gasteiger partial charge in [0.1, 0.15) is 0 Å². The van der Waals surface area contributed by atoms with E-state index < -0.39 is 5.97 Å². The molecule has 136 valence electrons. The fraction of sp³-hybridized carbons (Fsp3) is 0.500. The highest BCUT2D eigenvalue weighted by Crippen LogP contribution is 2.15. The van der Waals surface area contributed by atoms with Crippen molar-refractivity contribution >= 4 is 23.4 Å². The van der Waals surface area contributed by atoms with E-state index in [1.54, 1.807) is 0 Å². The van der Waals surface area contributed by atoms with Gasteiger partial charge in [-0.05, 0) is 37.1 Å². The van der Waals surface area contributed by atoms with Gasteiger partial charge in [-0.2, -0.15) is 0 Å². The van der Waals surface area contributed by atoms with Gasteiger partial charge < -0.3 is 25.8 Å². The Morgan fingerprint density at radius 1 is 1.04 bits per heavy atom. The lowest BCUT2D eigenvalue weighted by Crippen LogP contribution is -2.29. The molecule has 0 heterocycles. The summed E-state index contributed by atoms with van der Waals surface area (Å²) in [5.74, 6) is 2.75. The largest absolute Gasteiger partial charge is 0.481 e. The van der Waals surface area contributed by atoms with Crippen LogP contribution in [0.5, 0.6) is 0 Å². The Morgan fingerprint density at radius 3 is 2.17 bits per heavy atom. The maximum atomic E-state index is 11.7. The minimum absolute atomic E-state index is 0.219. The van der Waals surface area contributed by atoms with Crippen molar-refractivity contribution in [2.24, 2.45) is 5.90 Å². The van der Waals surface area contributed by atoms with E-state index in [0.29, 0.717) is 13.0 Å². The Morgan fingerprint density at radius 2 is 1.62 bits per heavy atom. The van der Waals surface area contributed by atoms with E-state index in [4.69, 9.17) is 10.3 Å². The fourth-order valence-corrected chi connectivity index (χ4v) is 1.97. The lowest BCUT2D eigenvalue weighted by atomic mass is 10.1. The molecule has 8 heteroatoms. The average molecular weight is 340 g/mol. The molecule has 0 atom stereocenters. The predicted octanol–water partition coefficient (Wildman–Crippen LogP) is 2.24. The van der Waals surface area contributed by atoms with Crippen LogP contribution in [-0.4, -0.2) is 43.0 Å². The van der Waals surface area contributed by atoms with Crippen LogP contribution in [0.1, 0.15) is 32.1 Å². The first kappa shape index (κ1) is 21.7. The number of anilines is 2. The van der Waals surface area contributed by atoms with Crippen molar-refractivity contribution in [2.45, 2.75) is 32.1 Å². The first-order chi connectivity index (χ1) is 11.5. The molecule has 6 N–H and O–H groups in total. The number of nitrogens with one attached hydrogen (secondary N) is 2. The number of amides is 2. The van der Waals surface area contributed by atoms with Gasteiger partial charge in [-0.3, -0.25) is 4.79 Å². The molecule has 0 saturated carbocycles. The number of aliphatic carboxylic acids is 1. The molecule has 0 fully saturated rings. The van der Waals surface area contributed by atoms with Crippen LogP contribution < -0.4 is 21.4 Å². The second-order valence-electron chi connectivity index (χ2n) is 5.38. The zero-order chi connectivity index (χ0) is 18.4. The van der Waals surface area contributed by atoms with Gasteiger partial charge in [-0.15, -0.1) is 0 Å². The van der Waals surface area contributed by atoms with Crippen LogP contribution in [0.25, 0.3) is 0 Å². The Hall–Kier alpha value is -2.32. The third-order valence-electron chi connectivity index (χ3n) is 3.24. The molecule has 0 spiro atoms. The van der Waals surface area contributed by atoms with E-state index in [0.717, 1.165) is 30.6 Å². The molecule has 1 aromatic carbocycles. The lowest BCUT2D eigenvalue weighted by molar-refractivity contribution is -0.137. The van der Waals surface area contributed by atoms with Crippen molar-refractivity contribution in [1.82, 2.24) is 5.32 Å². The van der Waals surface area contributed by atoms with Crippen LogP contribution in [0.2, 0.25) is 0 Å². The Bertz CT molecular complexity index is 477. The van der Waals surface area contributed by atoms with Gasteiger partial charge in [0.2, 0.25) is 0 Å². The highest BCUT2D eigenvalue weighted by molar-refractivity contribution is 5.89. The number of nitrogens with zero attached hydrogens (tertiary/aromatic N) is 1. The summed E-state index contributed by atoms with van der Waals surface area (Å²) in [5.41, 5.74) is 1.83. The van der Waals surface area contributed by atoms with Gasteiger partial charge in [-0.1, -0.05) is 12.8 Å². The van der Waals surface area contributed by atoms with Crippen LogP contribution in [0, 0.1) is 0 Å². The maximum Gasteiger partial charge on any atom is 0.319 e. The standard InChI is InChI=1S/C16H25N3O3.H3NO/c1-19(2)14-10-8-13(9-11-14)18-16(22)17-12-6-4-3-5-7-15(20)21;1-2/h8-11H,3-7,12H2,1-2H3,(H,20,21)(H2,17,18,22);2H,1H2. The third-order valence-corrected chi connectivity index (χ3v) is 3.24. The molecule has 0 aliphatic heterocycles. The summed E-state index contributed by atoms with van der Waals surface area (Å²) >= 11 is 0. The molecule has 0 aromatic heterocycles. The molecular weight excluding hydrogens is 312 g/mol. The number of benzene rings is 1. The van der Waals surface area contributed by atoms with Crippen LogP contribution in [0.15, 0.2) is 24.3 Å². The number of hydrogen-bond acceptors (Lipinski definition) is 5. The average Bonchev–Trinajstić information content (AvgIpc) is 2.56. The number of unbranched alkanes of at least 4 members (excludes halogenated alkanes) is 3. The van der Waals surface area contributed by atoms with Crippen molar-refractivity contribution < 1.29 is 19.9 Å². The van der Waals surface area contributed by atoms with Crippen molar-refractivity contribution in [3.63, 3.8) is 0 Å². The second kappa shape index (κ2) is 13.1. The summed E-state index contributed by atoms with van der Waals surface area (Å²) in [6, 6.07) is 7.39. The van der Waals surface area contributed by atoms with Crippen LogP contribution in [0.3, 0.4) is 0 Å². The first-order valence-electron chi connectivity index (χ1n) is 7.79. The van der Waals surface area contributed by atoms with E-state index in [-0.39, 0.29) is 12.5 Å². The minimum atomic E-state index is -0.752. The van der Waals surface area contributed by atoms with E-state index in [1.165, 1.54) is 0 Å². The summed E-state index contributed by atoms with van der Waals surface area (Å²) in [6.45, 7) is 0.592. The Kier molecular flexibility index (Phi) is 11.9. The third kappa shape index (κ3) is 10.4. The highest BCUT2D eigenvalue weighted by atomic mass is 16.4. The van der Waals surface area contributed by atoms with Gasteiger partial charge in [0.25, 0.3) is 0 Å². The van der Waals surface area contributed by atoms with E-state index in [9.17, 15) is 9.59 Å². The zero-order valence-corrected chi connectivity index (χ0v) is 14.3. The molecule has 0 aliphatic rings. The van der Waals surface area contributed by atoms with Crippen LogP contribution in [0.4, 0.5) is 16.2 Å². The number of carboxylic acid groups (broad SMARTS) is 1. The van der Waals surface area contributed by atoms with Crippen molar-refractivity contribution in [3.05, 3.63) is 24.3 Å². The maximum absolute atomic E-state index is 11.7. The number of carbonyl (C=O) groups is 2. The number of hydrogen-bond donors (Lipinski definition) is 5. The molecule has 0 aliphatic carbocycles. The zero-order valence-electron chi connectivity index (χ0n) is 14.3. The minimum Gasteiger partial charge on any atom is -0.481 e. The van der Waals surface area contributed by atoms with Gasteiger partial charge in [0.15, 0.2) is 0 Å². The fourth-order valence-electron chi connectivity index (χ4n) is 1.97. The number of nitrogens with two attached hydrogens (primary N) is 1. The Balaban J connectivity index is 0.00000254. The van der Waals surface area contributed by atoms with Gasteiger partial charge in [-0.25, -0.2) is 10.7 Å². The molecular formula is C16H28N4O4. The van der Waals surface area contributed by atoms with Crippen molar-refractivity contribution in [3.8, 4) is 0 Å². The smallest absolute Gasteiger partial charge is 0.319 e. The summed E-state index contributed by atoms with van der Waals surface area (Å²) in [5, 5.41) is 20.6. The molecule has 24 heavy (non-hydrogen) atoms. The van der Waals surface area contributed by atoms with Gasteiger partial charge in [0.05, 0.1) is 0 Å². The molecule has 1 rings (SSSR count). The number of carboxylic acids is 1. The summed E-state index contributed by atoms with van der Waals surface area (Å²) in [6.07, 6.45) is 3.57. The summed E-state index contributed by atoms with van der Waals surface area (Å²) in [4.78, 5) is 24.0. The summed E-state index contributed by atoms with van der Waals surface area (Å²) < 4.78 is 0. The van der Waals surface area contributed by atoms with Gasteiger partial charge >= 0.3 is 12.0 Å². The molecule has 0 unspecified atom stereocenters.